The van der Waals surface area contributed by atoms with Crippen LogP contribution in [0.15, 0.2) is 53.7 Å². The second kappa shape index (κ2) is 8.83. The molecule has 0 radical (unpaired) electrons. The highest BCUT2D eigenvalue weighted by Gasteiger charge is 2.20. The van der Waals surface area contributed by atoms with Crippen molar-refractivity contribution in [3.8, 4) is 0 Å². The Morgan fingerprint density at radius 3 is 2.80 bits per heavy atom. The van der Waals surface area contributed by atoms with Gasteiger partial charge in [0, 0.05) is 25.2 Å². The zero-order chi connectivity index (χ0) is 21.1. The summed E-state index contributed by atoms with van der Waals surface area (Å²) in [5.74, 6) is -2.84. The van der Waals surface area contributed by atoms with Crippen molar-refractivity contribution in [1.82, 2.24) is 14.5 Å². The summed E-state index contributed by atoms with van der Waals surface area (Å²) in [6.07, 6.45) is 1.45. The van der Waals surface area contributed by atoms with Crippen LogP contribution in [0.4, 0.5) is 14.5 Å². The number of nitrogens with zero attached hydrogens (tertiary/aromatic N) is 3. The summed E-state index contributed by atoms with van der Waals surface area (Å²) in [5.41, 5.74) is 2.70. The van der Waals surface area contributed by atoms with Crippen molar-refractivity contribution in [2.75, 3.05) is 11.9 Å². The molecule has 1 aliphatic heterocycles. The number of carbonyl (C=O) groups excluding carboxylic acids is 2. The summed E-state index contributed by atoms with van der Waals surface area (Å²) in [7, 11) is 0. The number of hydrogen-bond donors (Lipinski definition) is 1. The second-order valence-corrected chi connectivity index (χ2v) is 7.97. The van der Waals surface area contributed by atoms with Gasteiger partial charge in [0.2, 0.25) is 11.8 Å². The number of anilines is 1. The number of nitrogens with one attached hydrogen (secondary N) is 1. The second-order valence-electron chi connectivity index (χ2n) is 7.02. The first-order valence-corrected chi connectivity index (χ1v) is 10.4. The fourth-order valence-electron chi connectivity index (χ4n) is 3.56. The fourth-order valence-corrected chi connectivity index (χ4v) is 4.16. The number of benzene rings is 2. The molecule has 2 amide bonds. The number of likely N-dealkylation sites (tertiary alicyclic amines) is 1. The monoisotopic (exact) mass is 430 g/mol. The van der Waals surface area contributed by atoms with Gasteiger partial charge >= 0.3 is 0 Å². The molecule has 0 atom stereocenters. The minimum Gasteiger partial charge on any atom is -0.338 e. The summed E-state index contributed by atoms with van der Waals surface area (Å²) in [5, 5.41) is 2.91. The van der Waals surface area contributed by atoms with Gasteiger partial charge in [-0.05, 0) is 48.0 Å². The van der Waals surface area contributed by atoms with Crippen molar-refractivity contribution in [3.63, 3.8) is 0 Å². The van der Waals surface area contributed by atoms with Crippen LogP contribution < -0.4 is 5.32 Å². The Labute approximate surface area is 176 Å². The van der Waals surface area contributed by atoms with Gasteiger partial charge in [-0.2, -0.15) is 8.78 Å². The molecule has 30 heavy (non-hydrogen) atoms. The summed E-state index contributed by atoms with van der Waals surface area (Å²) in [6, 6.07) is 14.3. The number of hydrogen-bond acceptors (Lipinski definition) is 4. The predicted molar refractivity (Wildman–Crippen MR) is 111 cm³/mol. The number of amides is 2. The van der Waals surface area contributed by atoms with Gasteiger partial charge in [-0.25, -0.2) is 4.98 Å². The van der Waals surface area contributed by atoms with E-state index in [-0.39, 0.29) is 23.5 Å². The summed E-state index contributed by atoms with van der Waals surface area (Å²) in [6.45, 7) is 1.11. The van der Waals surface area contributed by atoms with E-state index in [1.807, 2.05) is 18.2 Å². The number of alkyl halides is 2. The van der Waals surface area contributed by atoms with Crippen molar-refractivity contribution in [1.29, 1.82) is 0 Å². The van der Waals surface area contributed by atoms with E-state index in [2.05, 4.69) is 10.3 Å². The van der Waals surface area contributed by atoms with Gasteiger partial charge in [0.15, 0.2) is 5.16 Å². The first-order chi connectivity index (χ1) is 14.5. The largest absolute Gasteiger partial charge is 0.338 e. The lowest BCUT2D eigenvalue weighted by Crippen LogP contribution is -2.24. The highest BCUT2D eigenvalue weighted by atomic mass is 32.2. The van der Waals surface area contributed by atoms with Crippen LogP contribution in [0.3, 0.4) is 0 Å². The average Bonchev–Trinajstić information content (AvgIpc) is 3.25. The number of thioether (sulfide) groups is 1. The number of halogens is 2. The zero-order valence-electron chi connectivity index (χ0n) is 16.1. The number of para-hydroxylation sites is 2. The van der Waals surface area contributed by atoms with Crippen LogP contribution in [0, 0.1) is 0 Å². The third-order valence-corrected chi connectivity index (χ3v) is 5.57. The zero-order valence-corrected chi connectivity index (χ0v) is 16.9. The van der Waals surface area contributed by atoms with E-state index in [4.69, 9.17) is 0 Å². The van der Waals surface area contributed by atoms with Crippen molar-refractivity contribution in [2.24, 2.45) is 0 Å². The van der Waals surface area contributed by atoms with E-state index in [0.29, 0.717) is 41.4 Å². The van der Waals surface area contributed by atoms with Crippen molar-refractivity contribution >= 4 is 40.3 Å². The van der Waals surface area contributed by atoms with Crippen LogP contribution in [0.25, 0.3) is 11.0 Å². The van der Waals surface area contributed by atoms with Crippen molar-refractivity contribution in [3.05, 3.63) is 54.1 Å². The van der Waals surface area contributed by atoms with E-state index < -0.39 is 5.76 Å². The minimum absolute atomic E-state index is 0.0997. The molecule has 1 N–H and O–H groups in total. The number of fused-ring (bicyclic) bond motifs is 1. The van der Waals surface area contributed by atoms with Gasteiger partial charge in [0.25, 0.3) is 5.76 Å². The number of aromatic nitrogens is 2. The quantitative estimate of drug-likeness (QED) is 0.573. The smallest absolute Gasteiger partial charge is 0.291 e. The molecule has 1 saturated heterocycles. The van der Waals surface area contributed by atoms with E-state index in [0.717, 1.165) is 18.5 Å². The Morgan fingerprint density at radius 1 is 1.20 bits per heavy atom. The lowest BCUT2D eigenvalue weighted by Gasteiger charge is -2.16. The van der Waals surface area contributed by atoms with Crippen LogP contribution >= 0.6 is 11.8 Å². The van der Waals surface area contributed by atoms with E-state index in [1.54, 1.807) is 35.2 Å². The SMILES string of the molecule is O=C(Cn1c(SC(F)F)nc2ccccc21)Nc1cccc(CN2CCCC2=O)c1. The molecule has 3 aromatic rings. The van der Waals surface area contributed by atoms with E-state index >= 15 is 0 Å². The third-order valence-electron chi connectivity index (χ3n) is 4.87. The lowest BCUT2D eigenvalue weighted by atomic mass is 10.2. The first-order valence-electron chi connectivity index (χ1n) is 9.56. The summed E-state index contributed by atoms with van der Waals surface area (Å²) in [4.78, 5) is 30.5. The highest BCUT2D eigenvalue weighted by molar-refractivity contribution is 7.99. The molecule has 2 heterocycles. The molecule has 1 aromatic heterocycles. The fraction of sp³-hybridized carbons (Fsp3) is 0.286. The van der Waals surface area contributed by atoms with Crippen LogP contribution in [-0.2, 0) is 22.7 Å². The van der Waals surface area contributed by atoms with Gasteiger partial charge in [-0.15, -0.1) is 0 Å². The molecule has 6 nitrogen and oxygen atoms in total. The maximum absolute atomic E-state index is 12.9. The molecular weight excluding hydrogens is 410 g/mol. The van der Waals surface area contributed by atoms with Crippen LogP contribution in [0.2, 0.25) is 0 Å². The van der Waals surface area contributed by atoms with Gasteiger partial charge in [0.05, 0.1) is 11.0 Å². The van der Waals surface area contributed by atoms with Crippen molar-refractivity contribution in [2.45, 2.75) is 36.8 Å². The van der Waals surface area contributed by atoms with E-state index in [1.165, 1.54) is 4.57 Å². The summed E-state index contributed by atoms with van der Waals surface area (Å²) < 4.78 is 27.4. The maximum atomic E-state index is 12.9. The van der Waals surface area contributed by atoms with Crippen LogP contribution in [-0.4, -0.2) is 38.6 Å². The lowest BCUT2D eigenvalue weighted by molar-refractivity contribution is -0.128. The highest BCUT2D eigenvalue weighted by Crippen LogP contribution is 2.28. The number of carbonyl (C=O) groups is 2. The number of imidazole rings is 1. The average molecular weight is 430 g/mol. The molecular formula is C21H20F2N4O2S. The van der Waals surface area contributed by atoms with Gasteiger partial charge < -0.3 is 14.8 Å². The van der Waals surface area contributed by atoms with Crippen LogP contribution in [0.1, 0.15) is 18.4 Å². The Morgan fingerprint density at radius 2 is 2.03 bits per heavy atom. The molecule has 2 aromatic carbocycles. The maximum Gasteiger partial charge on any atom is 0.291 e. The Balaban J connectivity index is 1.49. The van der Waals surface area contributed by atoms with Crippen LogP contribution in [0.5, 0.6) is 0 Å². The predicted octanol–water partition coefficient (Wildman–Crippen LogP) is 4.11. The molecule has 9 heteroatoms. The normalized spacial score (nSPS) is 14.1. The third kappa shape index (κ3) is 4.62. The molecule has 156 valence electrons. The Hall–Kier alpha value is -2.94. The molecule has 0 spiro atoms. The standard InChI is InChI=1S/C21H20F2N4O2S/c22-20(23)30-21-25-16-7-1-2-8-17(16)27(21)13-18(28)24-15-6-3-5-14(11-15)12-26-10-4-9-19(26)29/h1-3,5-8,11,20H,4,9-10,12-13H2,(H,24,28). The van der Waals surface area contributed by atoms with Gasteiger partial charge in [-0.3, -0.25) is 9.59 Å². The number of rotatable bonds is 7. The topological polar surface area (TPSA) is 67.2 Å². The Kier molecular flexibility index (Phi) is 5.98. The van der Waals surface area contributed by atoms with E-state index in [9.17, 15) is 18.4 Å². The van der Waals surface area contributed by atoms with Gasteiger partial charge in [0.1, 0.15) is 6.54 Å². The summed E-state index contributed by atoms with van der Waals surface area (Å²) >= 11 is 0.321. The Bertz CT molecular complexity index is 1090. The molecule has 4 rings (SSSR count). The first kappa shape index (κ1) is 20.3. The molecule has 0 unspecified atom stereocenters. The molecule has 1 fully saturated rings. The molecule has 0 aliphatic carbocycles. The molecule has 1 aliphatic rings. The molecule has 0 saturated carbocycles. The van der Waals surface area contributed by atoms with Crippen molar-refractivity contribution < 1.29 is 18.4 Å². The minimum atomic E-state index is -2.63. The molecule has 0 bridgehead atoms. The van der Waals surface area contributed by atoms with Gasteiger partial charge in [-0.1, -0.05) is 24.3 Å².